The second-order valence-corrected chi connectivity index (χ2v) is 15.4. The molecular formula is C48H38N2S2. The van der Waals surface area contributed by atoms with Gasteiger partial charge in [0.1, 0.15) is 5.37 Å². The Bertz CT molecular complexity index is 2580. The van der Waals surface area contributed by atoms with Crippen molar-refractivity contribution in [3.63, 3.8) is 0 Å². The minimum atomic E-state index is 0.294. The highest BCUT2D eigenvalue weighted by molar-refractivity contribution is 8.02. The summed E-state index contributed by atoms with van der Waals surface area (Å²) >= 11 is 3.53. The molecule has 2 aliphatic rings. The van der Waals surface area contributed by atoms with E-state index in [4.69, 9.17) is 5.73 Å². The van der Waals surface area contributed by atoms with E-state index in [0.29, 0.717) is 11.3 Å². The number of rotatable bonds is 8. The lowest BCUT2D eigenvalue weighted by atomic mass is 9.84. The zero-order chi connectivity index (χ0) is 34.9. The lowest BCUT2D eigenvalue weighted by Gasteiger charge is -2.20. The molecule has 2 atom stereocenters. The van der Waals surface area contributed by atoms with Gasteiger partial charge in [0.25, 0.3) is 0 Å². The van der Waals surface area contributed by atoms with Crippen molar-refractivity contribution in [2.75, 3.05) is 0 Å². The highest BCUT2D eigenvalue weighted by Crippen LogP contribution is 2.39. The summed E-state index contributed by atoms with van der Waals surface area (Å²) < 4.78 is 0. The molecule has 1 heterocycles. The summed E-state index contributed by atoms with van der Waals surface area (Å²) in [5.74, 6) is 1.20. The summed E-state index contributed by atoms with van der Waals surface area (Å²) in [5.41, 5.74) is 16.9. The first kappa shape index (κ1) is 32.5. The van der Waals surface area contributed by atoms with Crippen LogP contribution in [-0.2, 0) is 5.75 Å². The topological polar surface area (TPSA) is 38.0 Å². The fourth-order valence-corrected chi connectivity index (χ4v) is 9.12. The maximum absolute atomic E-state index is 5.55. The third kappa shape index (κ3) is 6.23. The van der Waals surface area contributed by atoms with Crippen molar-refractivity contribution in [2.24, 2.45) is 5.73 Å². The van der Waals surface area contributed by atoms with Gasteiger partial charge in [-0.3, -0.25) is 0 Å². The van der Waals surface area contributed by atoms with E-state index in [1.54, 1.807) is 18.0 Å². The maximum atomic E-state index is 5.55. The van der Waals surface area contributed by atoms with E-state index >= 15 is 0 Å². The number of fused-ring (bicyclic) bond motifs is 6. The van der Waals surface area contributed by atoms with Crippen LogP contribution in [0.15, 0.2) is 163 Å². The van der Waals surface area contributed by atoms with Gasteiger partial charge in [0.15, 0.2) is 0 Å². The fraction of sp³-hybridized carbons (Fsp3) is 0.0833. The molecule has 1 aliphatic heterocycles. The molecule has 9 rings (SSSR count). The first-order chi connectivity index (χ1) is 25.7. The Balaban J connectivity index is 1.25. The van der Waals surface area contributed by atoms with Crippen LogP contribution in [0.3, 0.4) is 0 Å². The quantitative estimate of drug-likeness (QED) is 0.154. The van der Waals surface area contributed by atoms with Crippen LogP contribution in [0.4, 0.5) is 0 Å². The summed E-state index contributed by atoms with van der Waals surface area (Å²) in [7, 11) is 0. The van der Waals surface area contributed by atoms with Crippen molar-refractivity contribution in [1.29, 1.82) is 0 Å². The lowest BCUT2D eigenvalue weighted by Crippen LogP contribution is -2.30. The molecule has 252 valence electrons. The molecule has 0 spiro atoms. The third-order valence-corrected chi connectivity index (χ3v) is 12.2. The molecular weight excluding hydrogens is 669 g/mol. The van der Waals surface area contributed by atoms with Gasteiger partial charge in [-0.15, -0.1) is 23.5 Å². The van der Waals surface area contributed by atoms with E-state index in [1.807, 2.05) is 23.4 Å². The lowest BCUT2D eigenvalue weighted by molar-refractivity contribution is 0.857. The average molecular weight is 707 g/mol. The van der Waals surface area contributed by atoms with Crippen LogP contribution >= 0.6 is 23.5 Å². The van der Waals surface area contributed by atoms with Crippen LogP contribution < -0.4 is 21.5 Å². The second kappa shape index (κ2) is 14.3. The Hall–Kier alpha value is -5.42. The number of thioether (sulfide) groups is 2. The minimum Gasteiger partial charge on any atom is -0.404 e. The van der Waals surface area contributed by atoms with Crippen LogP contribution in [0, 0.1) is 0 Å². The summed E-state index contributed by atoms with van der Waals surface area (Å²) in [6, 6.07) is 51.9. The van der Waals surface area contributed by atoms with E-state index in [-0.39, 0.29) is 0 Å². The Morgan fingerprint density at radius 2 is 1.29 bits per heavy atom. The van der Waals surface area contributed by atoms with Crippen LogP contribution in [0.1, 0.15) is 34.4 Å². The van der Waals surface area contributed by atoms with Gasteiger partial charge in [0, 0.05) is 24.1 Å². The highest BCUT2D eigenvalue weighted by Gasteiger charge is 2.19. The molecule has 3 N–H and O–H groups in total. The van der Waals surface area contributed by atoms with Gasteiger partial charge in [-0.05, 0) is 117 Å². The summed E-state index contributed by atoms with van der Waals surface area (Å²) in [5, 5.41) is 15.7. The van der Waals surface area contributed by atoms with Crippen molar-refractivity contribution in [3.8, 4) is 33.4 Å². The van der Waals surface area contributed by atoms with Gasteiger partial charge in [0.2, 0.25) is 0 Å². The summed E-state index contributed by atoms with van der Waals surface area (Å²) in [4.78, 5) is 0. The summed E-state index contributed by atoms with van der Waals surface area (Å²) in [6.07, 6.45) is 9.64. The predicted octanol–water partition coefficient (Wildman–Crippen LogP) is 11.2. The van der Waals surface area contributed by atoms with Gasteiger partial charge >= 0.3 is 0 Å². The monoisotopic (exact) mass is 706 g/mol. The van der Waals surface area contributed by atoms with Crippen LogP contribution in [0.2, 0.25) is 0 Å². The molecule has 0 saturated heterocycles. The van der Waals surface area contributed by atoms with Crippen LogP contribution in [-0.4, -0.2) is 0 Å². The molecule has 2 nitrogen and oxygen atoms in total. The Labute approximate surface area is 313 Å². The van der Waals surface area contributed by atoms with E-state index in [9.17, 15) is 0 Å². The van der Waals surface area contributed by atoms with Gasteiger partial charge in [-0.25, -0.2) is 0 Å². The van der Waals surface area contributed by atoms with E-state index in [2.05, 4.69) is 162 Å². The van der Waals surface area contributed by atoms with Crippen molar-refractivity contribution in [2.45, 2.75) is 23.5 Å². The van der Waals surface area contributed by atoms with Crippen LogP contribution in [0.25, 0.3) is 67.1 Å². The van der Waals surface area contributed by atoms with Crippen molar-refractivity contribution in [3.05, 3.63) is 190 Å². The minimum absolute atomic E-state index is 0.294. The SMILES string of the molecule is N/C=C\SCc1ccc(-c2ccc3c4c(c5cc(-c6ccccc6)c(-c6ccccc6)cc5c3c2)=CC(c2ccc(C3NC=CS3)cc2)CC=4)cc1. The number of nitrogens with two attached hydrogens (primary N) is 1. The first-order valence-corrected chi connectivity index (χ1v) is 19.8. The van der Waals surface area contributed by atoms with Gasteiger partial charge in [-0.1, -0.05) is 133 Å². The zero-order valence-electron chi connectivity index (χ0n) is 28.7. The van der Waals surface area contributed by atoms with Crippen molar-refractivity contribution < 1.29 is 0 Å². The van der Waals surface area contributed by atoms with E-state index in [1.165, 1.54) is 82.1 Å². The fourth-order valence-electron chi connectivity index (χ4n) is 7.75. The molecule has 0 bridgehead atoms. The molecule has 2 unspecified atom stereocenters. The largest absolute Gasteiger partial charge is 0.404 e. The molecule has 1 aliphatic carbocycles. The molecule has 0 amide bonds. The average Bonchev–Trinajstić information content (AvgIpc) is 3.77. The standard InChI is InChI=1S/C48H38N2S2/c49-23-25-51-31-32-11-13-33(14-12-32)38-19-21-40-41-22-20-39(34-15-17-37(18-16-34)48-50-24-26-52-48)28-45(41)47-30-43(36-9-5-2-6-10-36)42(29-46(47)44(40)27-38)35-7-3-1-4-8-35/h1-19,21-30,39,48,50H,20,31,49H2/b25-23-. The van der Waals surface area contributed by atoms with Crippen molar-refractivity contribution in [1.82, 2.24) is 5.32 Å². The van der Waals surface area contributed by atoms with Gasteiger partial charge in [0.05, 0.1) is 0 Å². The van der Waals surface area contributed by atoms with E-state index in [0.717, 1.165) is 12.2 Å². The number of benzene rings is 7. The molecule has 0 radical (unpaired) electrons. The van der Waals surface area contributed by atoms with Crippen molar-refractivity contribution >= 4 is 57.2 Å². The summed E-state index contributed by atoms with van der Waals surface area (Å²) in [6.45, 7) is 0. The molecule has 0 fully saturated rings. The molecule has 7 aromatic rings. The maximum Gasteiger partial charge on any atom is 0.102 e. The Morgan fingerprint density at radius 3 is 1.96 bits per heavy atom. The second-order valence-electron chi connectivity index (χ2n) is 13.5. The van der Waals surface area contributed by atoms with Crippen LogP contribution in [0.5, 0.6) is 0 Å². The number of nitrogens with one attached hydrogen (secondary N) is 1. The Morgan fingerprint density at radius 1 is 0.635 bits per heavy atom. The number of hydrogen-bond acceptors (Lipinski definition) is 4. The Kier molecular flexibility index (Phi) is 8.94. The molecule has 0 saturated carbocycles. The molecule has 4 heteroatoms. The molecule has 7 aromatic carbocycles. The third-order valence-electron chi connectivity index (χ3n) is 10.4. The molecule has 0 aromatic heterocycles. The van der Waals surface area contributed by atoms with Gasteiger partial charge < -0.3 is 11.1 Å². The van der Waals surface area contributed by atoms with Gasteiger partial charge in [-0.2, -0.15) is 0 Å². The molecule has 52 heavy (non-hydrogen) atoms. The van der Waals surface area contributed by atoms with E-state index < -0.39 is 0 Å². The predicted molar refractivity (Wildman–Crippen MR) is 227 cm³/mol. The normalized spacial score (nSPS) is 16.5. The number of hydrogen-bond donors (Lipinski definition) is 2. The zero-order valence-corrected chi connectivity index (χ0v) is 30.3. The highest BCUT2D eigenvalue weighted by atomic mass is 32.2. The first-order valence-electron chi connectivity index (χ1n) is 17.8. The smallest absolute Gasteiger partial charge is 0.102 e.